The minimum atomic E-state index is -3.81. The van der Waals surface area contributed by atoms with Crippen LogP contribution in [0.25, 0.3) is 0 Å². The molecule has 1 atom stereocenters. The standard InChI is InChI=1S/C23H21ClN2O5S/c1-15-8-10-17(11-9-15)26-22(27)21(16-6-4-3-5-7-16)31-23(28)19-14-18(12-13-20(19)24)32(29,30)25-2/h3-14,21,25H,1-2H3,(H,26,27). The van der Waals surface area contributed by atoms with E-state index in [1.54, 1.807) is 42.5 Å². The summed E-state index contributed by atoms with van der Waals surface area (Å²) >= 11 is 6.12. The number of benzene rings is 3. The molecule has 0 aliphatic heterocycles. The van der Waals surface area contributed by atoms with Crippen molar-refractivity contribution in [2.75, 3.05) is 12.4 Å². The van der Waals surface area contributed by atoms with Crippen molar-refractivity contribution in [1.29, 1.82) is 0 Å². The third kappa shape index (κ3) is 5.53. The summed E-state index contributed by atoms with van der Waals surface area (Å²) in [5, 5.41) is 2.73. The Morgan fingerprint density at radius 1 is 0.969 bits per heavy atom. The molecule has 166 valence electrons. The maximum absolute atomic E-state index is 13.0. The largest absolute Gasteiger partial charge is 0.444 e. The Morgan fingerprint density at radius 3 is 2.25 bits per heavy atom. The number of anilines is 1. The molecule has 3 aromatic carbocycles. The van der Waals surface area contributed by atoms with E-state index in [2.05, 4.69) is 10.0 Å². The first kappa shape index (κ1) is 23.5. The number of ether oxygens (including phenoxy) is 1. The quantitative estimate of drug-likeness (QED) is 0.504. The molecule has 0 aliphatic carbocycles. The SMILES string of the molecule is CNS(=O)(=O)c1ccc(Cl)c(C(=O)OC(C(=O)Nc2ccc(C)cc2)c2ccccc2)c1. The predicted octanol–water partition coefficient (Wildman–Crippen LogP) is 4.09. The van der Waals surface area contributed by atoms with Crippen LogP contribution in [0.1, 0.15) is 27.6 Å². The van der Waals surface area contributed by atoms with Crippen molar-refractivity contribution < 1.29 is 22.7 Å². The smallest absolute Gasteiger partial charge is 0.340 e. The first-order valence-corrected chi connectivity index (χ1v) is 11.4. The molecular weight excluding hydrogens is 452 g/mol. The van der Waals surface area contributed by atoms with Gasteiger partial charge in [-0.15, -0.1) is 0 Å². The van der Waals surface area contributed by atoms with Crippen molar-refractivity contribution >= 4 is 39.2 Å². The lowest BCUT2D eigenvalue weighted by molar-refractivity contribution is -0.125. The second kappa shape index (κ2) is 9.95. The number of carbonyl (C=O) groups excluding carboxylic acids is 2. The number of carbonyl (C=O) groups is 2. The van der Waals surface area contributed by atoms with Gasteiger partial charge in [-0.05, 0) is 44.3 Å². The van der Waals surface area contributed by atoms with Gasteiger partial charge in [0.2, 0.25) is 16.1 Å². The molecule has 0 aromatic heterocycles. The van der Waals surface area contributed by atoms with Crippen molar-refractivity contribution in [1.82, 2.24) is 4.72 Å². The van der Waals surface area contributed by atoms with E-state index < -0.39 is 28.0 Å². The van der Waals surface area contributed by atoms with Gasteiger partial charge in [0.1, 0.15) is 0 Å². The van der Waals surface area contributed by atoms with Gasteiger partial charge in [0.15, 0.2) is 0 Å². The number of esters is 1. The molecule has 0 radical (unpaired) electrons. The highest BCUT2D eigenvalue weighted by Crippen LogP contribution is 2.26. The number of amides is 1. The van der Waals surface area contributed by atoms with Crippen LogP contribution < -0.4 is 10.0 Å². The molecule has 0 spiro atoms. The van der Waals surface area contributed by atoms with E-state index in [0.717, 1.165) is 11.6 Å². The minimum Gasteiger partial charge on any atom is -0.444 e. The van der Waals surface area contributed by atoms with E-state index in [0.29, 0.717) is 11.3 Å². The Balaban J connectivity index is 1.92. The zero-order chi connectivity index (χ0) is 23.3. The Morgan fingerprint density at radius 2 is 1.62 bits per heavy atom. The average molecular weight is 473 g/mol. The van der Waals surface area contributed by atoms with E-state index in [-0.39, 0.29) is 15.5 Å². The van der Waals surface area contributed by atoms with Crippen molar-refractivity contribution in [3.05, 3.63) is 94.5 Å². The summed E-state index contributed by atoms with van der Waals surface area (Å²) in [6.07, 6.45) is -1.29. The van der Waals surface area contributed by atoms with E-state index in [1.165, 1.54) is 19.2 Å². The first-order valence-electron chi connectivity index (χ1n) is 9.58. The summed E-state index contributed by atoms with van der Waals surface area (Å²) in [7, 11) is -2.56. The molecule has 0 fully saturated rings. The predicted molar refractivity (Wildman–Crippen MR) is 122 cm³/mol. The van der Waals surface area contributed by atoms with Gasteiger partial charge < -0.3 is 10.1 Å². The Kier molecular flexibility index (Phi) is 7.29. The fourth-order valence-corrected chi connectivity index (χ4v) is 3.81. The Labute approximate surface area is 191 Å². The summed E-state index contributed by atoms with van der Waals surface area (Å²) in [6.45, 7) is 1.92. The molecule has 1 amide bonds. The summed E-state index contributed by atoms with van der Waals surface area (Å²) in [4.78, 5) is 25.8. The molecule has 1 unspecified atom stereocenters. The van der Waals surface area contributed by atoms with Crippen LogP contribution in [0.5, 0.6) is 0 Å². The molecular formula is C23H21ClN2O5S. The van der Waals surface area contributed by atoms with Gasteiger partial charge in [-0.25, -0.2) is 17.9 Å². The van der Waals surface area contributed by atoms with E-state index in [9.17, 15) is 18.0 Å². The highest BCUT2D eigenvalue weighted by atomic mass is 35.5. The summed E-state index contributed by atoms with van der Waals surface area (Å²) < 4.78 is 31.9. The third-order valence-corrected chi connectivity index (χ3v) is 6.36. The zero-order valence-electron chi connectivity index (χ0n) is 17.3. The summed E-state index contributed by atoms with van der Waals surface area (Å²) in [6, 6.07) is 19.3. The van der Waals surface area contributed by atoms with Crippen molar-refractivity contribution in [2.45, 2.75) is 17.9 Å². The van der Waals surface area contributed by atoms with Crippen LogP contribution in [-0.2, 0) is 19.6 Å². The highest BCUT2D eigenvalue weighted by molar-refractivity contribution is 7.89. The number of hydrogen-bond acceptors (Lipinski definition) is 5. The number of nitrogens with one attached hydrogen (secondary N) is 2. The Hall–Kier alpha value is -3.20. The van der Waals surface area contributed by atoms with Crippen LogP contribution in [0, 0.1) is 6.92 Å². The minimum absolute atomic E-state index is 0.00388. The maximum atomic E-state index is 13.0. The number of rotatable bonds is 7. The lowest BCUT2D eigenvalue weighted by Crippen LogP contribution is -2.26. The molecule has 9 heteroatoms. The number of sulfonamides is 1. The van der Waals surface area contributed by atoms with Gasteiger partial charge >= 0.3 is 5.97 Å². The van der Waals surface area contributed by atoms with Crippen LogP contribution in [-0.4, -0.2) is 27.3 Å². The monoisotopic (exact) mass is 472 g/mol. The van der Waals surface area contributed by atoms with Crippen LogP contribution in [0.2, 0.25) is 5.02 Å². The fraction of sp³-hybridized carbons (Fsp3) is 0.130. The molecule has 32 heavy (non-hydrogen) atoms. The highest BCUT2D eigenvalue weighted by Gasteiger charge is 2.27. The Bertz CT molecular complexity index is 1230. The maximum Gasteiger partial charge on any atom is 0.340 e. The van der Waals surface area contributed by atoms with E-state index in [4.69, 9.17) is 16.3 Å². The second-order valence-electron chi connectivity index (χ2n) is 6.90. The summed E-state index contributed by atoms with van der Waals surface area (Å²) in [5.41, 5.74) is 1.84. The topological polar surface area (TPSA) is 102 Å². The van der Waals surface area contributed by atoms with Gasteiger partial charge in [-0.1, -0.05) is 59.6 Å². The van der Waals surface area contributed by atoms with Crippen molar-refractivity contribution in [2.24, 2.45) is 0 Å². The van der Waals surface area contributed by atoms with Gasteiger partial charge in [0, 0.05) is 11.3 Å². The molecule has 0 heterocycles. The van der Waals surface area contributed by atoms with Gasteiger partial charge in [0.25, 0.3) is 5.91 Å². The van der Waals surface area contributed by atoms with Gasteiger partial charge in [-0.3, -0.25) is 4.79 Å². The van der Waals surface area contributed by atoms with Crippen molar-refractivity contribution in [3.63, 3.8) is 0 Å². The van der Waals surface area contributed by atoms with Crippen LogP contribution in [0.3, 0.4) is 0 Å². The number of halogens is 1. The molecule has 3 aromatic rings. The van der Waals surface area contributed by atoms with E-state index >= 15 is 0 Å². The lowest BCUT2D eigenvalue weighted by Gasteiger charge is -2.19. The average Bonchev–Trinajstić information content (AvgIpc) is 2.79. The molecule has 0 aliphatic rings. The molecule has 2 N–H and O–H groups in total. The second-order valence-corrected chi connectivity index (χ2v) is 9.19. The molecule has 7 nitrogen and oxygen atoms in total. The molecule has 3 rings (SSSR count). The van der Waals surface area contributed by atoms with E-state index in [1.807, 2.05) is 19.1 Å². The van der Waals surface area contributed by atoms with Crippen molar-refractivity contribution in [3.8, 4) is 0 Å². The normalized spacial score (nSPS) is 12.1. The zero-order valence-corrected chi connectivity index (χ0v) is 18.9. The van der Waals surface area contributed by atoms with Crippen LogP contribution in [0.4, 0.5) is 5.69 Å². The molecule has 0 bridgehead atoms. The summed E-state index contributed by atoms with van der Waals surface area (Å²) in [5.74, 6) is -1.50. The number of aryl methyl sites for hydroxylation is 1. The third-order valence-electron chi connectivity index (χ3n) is 4.62. The fourth-order valence-electron chi connectivity index (χ4n) is 2.86. The molecule has 0 saturated carbocycles. The lowest BCUT2D eigenvalue weighted by atomic mass is 10.1. The van der Waals surface area contributed by atoms with Gasteiger partial charge in [0.05, 0.1) is 15.5 Å². The number of hydrogen-bond donors (Lipinski definition) is 2. The molecule has 0 saturated heterocycles. The van der Waals surface area contributed by atoms with Crippen LogP contribution >= 0.6 is 11.6 Å². The van der Waals surface area contributed by atoms with Crippen LogP contribution in [0.15, 0.2) is 77.7 Å². The van der Waals surface area contributed by atoms with Gasteiger partial charge in [-0.2, -0.15) is 0 Å². The first-order chi connectivity index (χ1) is 15.2.